The van der Waals surface area contributed by atoms with Crippen LogP contribution in [0.25, 0.3) is 10.1 Å². The van der Waals surface area contributed by atoms with Crippen LogP contribution in [0.3, 0.4) is 0 Å². The Labute approximate surface area is 177 Å². The normalized spacial score (nSPS) is 13.4. The molecule has 0 saturated heterocycles. The van der Waals surface area contributed by atoms with Gasteiger partial charge in [0, 0.05) is 32.5 Å². The summed E-state index contributed by atoms with van der Waals surface area (Å²) in [7, 11) is -5.70. The molecule has 11 heteroatoms. The summed E-state index contributed by atoms with van der Waals surface area (Å²) in [6.07, 6.45) is 3.91. The Hall–Kier alpha value is -1.71. The van der Waals surface area contributed by atoms with Gasteiger partial charge in [-0.05, 0) is 52.2 Å². The van der Waals surface area contributed by atoms with E-state index in [1.54, 1.807) is 18.5 Å². The molecule has 0 spiro atoms. The van der Waals surface area contributed by atoms with Crippen LogP contribution in [0.5, 0.6) is 0 Å². The van der Waals surface area contributed by atoms with Crippen molar-refractivity contribution in [1.82, 2.24) is 10.3 Å². The van der Waals surface area contributed by atoms with Crippen LogP contribution in [0, 0.1) is 0 Å². The SMILES string of the molecule is CCC(NC(=O)c1ccc2sc(C(F)(F)P(=O)(O)O)c(Br)c2c1)c1cccnc1. The van der Waals surface area contributed by atoms with E-state index >= 15 is 0 Å². The Morgan fingerprint density at radius 2 is 2.10 bits per heavy atom. The van der Waals surface area contributed by atoms with Crippen LogP contribution in [0.15, 0.2) is 47.2 Å². The van der Waals surface area contributed by atoms with Gasteiger partial charge in [-0.25, -0.2) is 0 Å². The second-order valence-electron chi connectivity index (χ2n) is 6.26. The summed E-state index contributed by atoms with van der Waals surface area (Å²) < 4.78 is 39.8. The lowest BCUT2D eigenvalue weighted by molar-refractivity contribution is 0.0595. The number of hydrogen-bond acceptors (Lipinski definition) is 4. The maximum atomic E-state index is 14.2. The number of nitrogens with zero attached hydrogens (tertiary/aromatic N) is 1. The van der Waals surface area contributed by atoms with E-state index in [4.69, 9.17) is 9.79 Å². The predicted octanol–water partition coefficient (Wildman–Crippen LogP) is 5.17. The fourth-order valence-corrected chi connectivity index (χ4v) is 5.70. The van der Waals surface area contributed by atoms with E-state index < -0.39 is 24.0 Å². The highest BCUT2D eigenvalue weighted by atomic mass is 79.9. The van der Waals surface area contributed by atoms with Crippen molar-refractivity contribution < 1.29 is 27.9 Å². The maximum absolute atomic E-state index is 14.2. The number of carbonyl (C=O) groups excluding carboxylic acids is 1. The van der Waals surface area contributed by atoms with Crippen molar-refractivity contribution in [2.75, 3.05) is 0 Å². The number of fused-ring (bicyclic) bond motifs is 1. The zero-order chi connectivity index (χ0) is 21.4. The molecule has 0 aliphatic carbocycles. The molecule has 1 amide bonds. The van der Waals surface area contributed by atoms with Gasteiger partial charge in [0.15, 0.2) is 0 Å². The molecule has 6 nitrogen and oxygen atoms in total. The van der Waals surface area contributed by atoms with E-state index in [-0.39, 0.29) is 21.5 Å². The van der Waals surface area contributed by atoms with Crippen LogP contribution >= 0.6 is 34.9 Å². The average Bonchev–Trinajstić information content (AvgIpc) is 3.02. The van der Waals surface area contributed by atoms with Gasteiger partial charge in [-0.3, -0.25) is 14.3 Å². The number of nitrogens with one attached hydrogen (secondary N) is 1. The van der Waals surface area contributed by atoms with Gasteiger partial charge in [0.25, 0.3) is 5.91 Å². The number of rotatable bonds is 6. The van der Waals surface area contributed by atoms with Gasteiger partial charge in [-0.1, -0.05) is 13.0 Å². The van der Waals surface area contributed by atoms with Crippen molar-refractivity contribution in [3.8, 4) is 0 Å². The predicted molar refractivity (Wildman–Crippen MR) is 110 cm³/mol. The highest BCUT2D eigenvalue weighted by molar-refractivity contribution is 9.10. The lowest BCUT2D eigenvalue weighted by Gasteiger charge is -2.17. The zero-order valence-electron chi connectivity index (χ0n) is 15.0. The van der Waals surface area contributed by atoms with Crippen LogP contribution in [-0.4, -0.2) is 20.7 Å². The van der Waals surface area contributed by atoms with Crippen LogP contribution in [0.4, 0.5) is 8.78 Å². The van der Waals surface area contributed by atoms with E-state index in [2.05, 4.69) is 26.2 Å². The molecule has 3 N–H and O–H groups in total. The van der Waals surface area contributed by atoms with E-state index in [1.807, 2.05) is 13.0 Å². The molecule has 0 saturated carbocycles. The summed E-state index contributed by atoms with van der Waals surface area (Å²) >= 11 is 3.58. The Balaban J connectivity index is 1.94. The van der Waals surface area contributed by atoms with Gasteiger partial charge in [0.05, 0.1) is 6.04 Å². The van der Waals surface area contributed by atoms with Crippen LogP contribution < -0.4 is 5.32 Å². The molecule has 1 atom stereocenters. The number of benzene rings is 1. The van der Waals surface area contributed by atoms with Gasteiger partial charge in [0.2, 0.25) is 0 Å². The molecule has 0 radical (unpaired) electrons. The minimum atomic E-state index is -5.70. The lowest BCUT2D eigenvalue weighted by atomic mass is 10.1. The number of hydrogen-bond donors (Lipinski definition) is 3. The van der Waals surface area contributed by atoms with Crippen molar-refractivity contribution in [2.24, 2.45) is 0 Å². The first kappa shape index (κ1) is 22.0. The highest BCUT2D eigenvalue weighted by Gasteiger charge is 2.53. The standard InChI is InChI=1S/C18H16BrF2N2O4PS/c1-2-13(11-4-3-7-22-9-11)23-17(24)10-5-6-14-12(8-10)15(19)16(29-14)18(20,21)28(25,26)27/h3-9,13H,2H2,1H3,(H,23,24)(H2,25,26,27). The highest BCUT2D eigenvalue weighted by Crippen LogP contribution is 2.62. The monoisotopic (exact) mass is 504 g/mol. The number of halogens is 3. The molecule has 2 heterocycles. The summed E-state index contributed by atoms with van der Waals surface area (Å²) in [6.45, 7) is 1.91. The van der Waals surface area contributed by atoms with E-state index in [0.29, 0.717) is 22.5 Å². The summed E-state index contributed by atoms with van der Waals surface area (Å²) in [5.74, 6) is -0.399. The smallest absolute Gasteiger partial charge is 0.345 e. The Morgan fingerprint density at radius 1 is 1.38 bits per heavy atom. The van der Waals surface area contributed by atoms with E-state index in [1.165, 1.54) is 18.2 Å². The molecule has 0 bridgehead atoms. The number of aromatic nitrogens is 1. The third kappa shape index (κ3) is 4.27. The molecule has 2 aromatic heterocycles. The van der Waals surface area contributed by atoms with Crippen LogP contribution in [-0.2, 0) is 10.2 Å². The minimum absolute atomic E-state index is 0.139. The van der Waals surface area contributed by atoms with Crippen molar-refractivity contribution in [2.45, 2.75) is 25.1 Å². The van der Waals surface area contributed by atoms with Gasteiger partial charge in [-0.15, -0.1) is 11.3 Å². The van der Waals surface area contributed by atoms with E-state index in [9.17, 15) is 18.1 Å². The third-order valence-electron chi connectivity index (χ3n) is 4.33. The molecule has 1 aromatic carbocycles. The lowest BCUT2D eigenvalue weighted by Crippen LogP contribution is -2.28. The molecule has 29 heavy (non-hydrogen) atoms. The molecule has 0 aliphatic rings. The van der Waals surface area contributed by atoms with Gasteiger partial charge < -0.3 is 15.1 Å². The Morgan fingerprint density at radius 3 is 2.69 bits per heavy atom. The average molecular weight is 505 g/mol. The molecular weight excluding hydrogens is 489 g/mol. The first-order chi connectivity index (χ1) is 13.6. The van der Waals surface area contributed by atoms with Gasteiger partial charge >= 0.3 is 13.3 Å². The fourth-order valence-electron chi connectivity index (χ4n) is 2.78. The molecule has 1 unspecified atom stereocenters. The topological polar surface area (TPSA) is 99.5 Å². The summed E-state index contributed by atoms with van der Waals surface area (Å²) in [5.41, 5.74) is -3.25. The summed E-state index contributed by atoms with van der Waals surface area (Å²) in [5, 5.41) is 3.16. The number of pyridine rings is 1. The van der Waals surface area contributed by atoms with Crippen molar-refractivity contribution >= 4 is 50.9 Å². The first-order valence-corrected chi connectivity index (χ1v) is 11.6. The van der Waals surface area contributed by atoms with Crippen molar-refractivity contribution in [3.63, 3.8) is 0 Å². The molecule has 0 fully saturated rings. The fraction of sp³-hybridized carbons (Fsp3) is 0.222. The Bertz CT molecular complexity index is 1100. The molecular formula is C18H16BrF2N2O4PS. The molecule has 154 valence electrons. The van der Waals surface area contributed by atoms with E-state index in [0.717, 1.165) is 5.56 Å². The van der Waals surface area contributed by atoms with Crippen molar-refractivity contribution in [1.29, 1.82) is 0 Å². The summed E-state index contributed by atoms with van der Waals surface area (Å²) in [6, 6.07) is 7.71. The number of carbonyl (C=O) groups is 1. The third-order valence-corrected chi connectivity index (χ3v) is 7.76. The zero-order valence-corrected chi connectivity index (χ0v) is 18.3. The largest absolute Gasteiger partial charge is 0.400 e. The number of thiophene rings is 1. The first-order valence-electron chi connectivity index (χ1n) is 8.43. The molecule has 0 aliphatic heterocycles. The molecule has 3 aromatic rings. The van der Waals surface area contributed by atoms with Gasteiger partial charge in [-0.2, -0.15) is 8.78 Å². The molecule has 3 rings (SSSR count). The van der Waals surface area contributed by atoms with Gasteiger partial charge in [0.1, 0.15) is 4.88 Å². The number of amides is 1. The van der Waals surface area contributed by atoms with Crippen LogP contribution in [0.2, 0.25) is 0 Å². The maximum Gasteiger partial charge on any atom is 0.400 e. The Kier molecular flexibility index (Phi) is 6.21. The quantitative estimate of drug-likeness (QED) is 0.402. The minimum Gasteiger partial charge on any atom is -0.345 e. The second-order valence-corrected chi connectivity index (χ2v) is 9.76. The number of alkyl halides is 2. The van der Waals surface area contributed by atoms with Crippen LogP contribution in [0.1, 0.15) is 40.2 Å². The summed E-state index contributed by atoms with van der Waals surface area (Å²) in [4.78, 5) is 34.0. The van der Waals surface area contributed by atoms with Crippen molar-refractivity contribution in [3.05, 3.63) is 63.2 Å². The second kappa shape index (κ2) is 8.20.